The molecule has 1 aromatic carbocycles. The smallest absolute Gasteiger partial charge is 0.168 e. The fraction of sp³-hybridized carbons (Fsp3) is 0.154. The molecule has 2 nitrogen and oxygen atoms in total. The Balaban J connectivity index is 2.24. The molecule has 0 unspecified atom stereocenters. The Morgan fingerprint density at radius 1 is 1.38 bits per heavy atom. The van der Waals surface area contributed by atoms with Crippen molar-refractivity contribution < 1.29 is 9.21 Å². The molecule has 2 aromatic rings. The van der Waals surface area contributed by atoms with Gasteiger partial charge in [-0.2, -0.15) is 0 Å². The third-order valence-corrected chi connectivity index (χ3v) is 2.94. The van der Waals surface area contributed by atoms with Gasteiger partial charge in [-0.1, -0.05) is 23.7 Å². The van der Waals surface area contributed by atoms with E-state index >= 15 is 0 Å². The summed E-state index contributed by atoms with van der Waals surface area (Å²) < 4.78 is 4.92. The molecular formula is C13H11ClO2. The molecule has 16 heavy (non-hydrogen) atoms. The molecule has 0 aliphatic rings. The minimum atomic E-state index is 0.00935. The Morgan fingerprint density at radius 2 is 2.19 bits per heavy atom. The van der Waals surface area contributed by atoms with Crippen LogP contribution in [0.5, 0.6) is 0 Å². The van der Waals surface area contributed by atoms with E-state index in [1.165, 1.54) is 0 Å². The lowest BCUT2D eigenvalue weighted by molar-refractivity contribution is 0.0993. The molecule has 3 heteroatoms. The molecule has 0 spiro atoms. The number of ketones is 1. The van der Waals surface area contributed by atoms with Crippen molar-refractivity contribution in [2.45, 2.75) is 13.3 Å². The Bertz CT molecular complexity index is 501. The quantitative estimate of drug-likeness (QED) is 0.759. The van der Waals surface area contributed by atoms with Gasteiger partial charge in [-0.15, -0.1) is 0 Å². The average Bonchev–Trinajstić information content (AvgIpc) is 2.74. The number of carbonyl (C=O) groups is 1. The van der Waals surface area contributed by atoms with E-state index in [-0.39, 0.29) is 5.78 Å². The number of halogens is 1. The molecule has 1 heterocycles. The molecule has 0 atom stereocenters. The van der Waals surface area contributed by atoms with Crippen LogP contribution in [0.25, 0.3) is 0 Å². The summed E-state index contributed by atoms with van der Waals surface area (Å²) in [5.41, 5.74) is 2.35. The number of rotatable bonds is 3. The maximum absolute atomic E-state index is 12.0. The predicted octanol–water partition coefficient (Wildman–Crippen LogP) is 3.67. The molecule has 0 aliphatic carbocycles. The number of hydrogen-bond acceptors (Lipinski definition) is 2. The van der Waals surface area contributed by atoms with Gasteiger partial charge >= 0.3 is 0 Å². The Morgan fingerprint density at radius 3 is 2.88 bits per heavy atom. The minimum absolute atomic E-state index is 0.00935. The molecule has 0 saturated heterocycles. The molecule has 82 valence electrons. The van der Waals surface area contributed by atoms with Crippen molar-refractivity contribution >= 4 is 17.4 Å². The first-order valence-corrected chi connectivity index (χ1v) is 5.35. The standard InChI is InChI=1S/C13H11ClO2/c1-9-3-2-4-11(13(9)14)12(15)7-10-5-6-16-8-10/h2-6,8H,7H2,1H3. The van der Waals surface area contributed by atoms with Gasteiger partial charge in [0.1, 0.15) is 0 Å². The molecule has 0 fully saturated rings. The highest BCUT2D eigenvalue weighted by molar-refractivity contribution is 6.34. The SMILES string of the molecule is Cc1cccc(C(=O)Cc2ccoc2)c1Cl. The Hall–Kier alpha value is -1.54. The second-order valence-corrected chi connectivity index (χ2v) is 4.05. The number of Topliss-reactive ketones (excluding diaryl/α,β-unsaturated/α-hetero) is 1. The van der Waals surface area contributed by atoms with Crippen molar-refractivity contribution in [2.75, 3.05) is 0 Å². The van der Waals surface area contributed by atoms with Crippen LogP contribution in [-0.2, 0) is 6.42 Å². The summed E-state index contributed by atoms with van der Waals surface area (Å²) in [4.78, 5) is 12.0. The van der Waals surface area contributed by atoms with Crippen molar-refractivity contribution in [3.8, 4) is 0 Å². The molecule has 0 radical (unpaired) electrons. The fourth-order valence-corrected chi connectivity index (χ4v) is 1.77. The second kappa shape index (κ2) is 4.54. The summed E-state index contributed by atoms with van der Waals surface area (Å²) >= 11 is 6.08. The number of aryl methyl sites for hydroxylation is 1. The van der Waals surface area contributed by atoms with Gasteiger partial charge < -0.3 is 4.42 Å². The summed E-state index contributed by atoms with van der Waals surface area (Å²) in [7, 11) is 0. The third kappa shape index (κ3) is 2.17. The number of furan rings is 1. The summed E-state index contributed by atoms with van der Waals surface area (Å²) in [6.45, 7) is 1.89. The van der Waals surface area contributed by atoms with Gasteiger partial charge in [-0.3, -0.25) is 4.79 Å². The van der Waals surface area contributed by atoms with Crippen LogP contribution in [0.15, 0.2) is 41.2 Å². The van der Waals surface area contributed by atoms with Crippen molar-refractivity contribution in [1.29, 1.82) is 0 Å². The summed E-state index contributed by atoms with van der Waals surface area (Å²) in [5.74, 6) is 0.00935. The van der Waals surface area contributed by atoms with E-state index in [1.807, 2.05) is 19.1 Å². The van der Waals surface area contributed by atoms with Crippen molar-refractivity contribution in [1.82, 2.24) is 0 Å². The van der Waals surface area contributed by atoms with E-state index in [4.69, 9.17) is 16.0 Å². The first-order valence-electron chi connectivity index (χ1n) is 4.98. The molecule has 0 amide bonds. The highest BCUT2D eigenvalue weighted by atomic mass is 35.5. The van der Waals surface area contributed by atoms with Crippen LogP contribution in [0, 0.1) is 6.92 Å². The molecule has 2 rings (SSSR count). The third-order valence-electron chi connectivity index (χ3n) is 2.44. The van der Waals surface area contributed by atoms with E-state index < -0.39 is 0 Å². The van der Waals surface area contributed by atoms with Gasteiger partial charge in [0.2, 0.25) is 0 Å². The number of hydrogen-bond donors (Lipinski definition) is 0. The first-order chi connectivity index (χ1) is 7.68. The van der Waals surface area contributed by atoms with E-state index in [2.05, 4.69) is 0 Å². The molecular weight excluding hydrogens is 224 g/mol. The maximum Gasteiger partial charge on any atom is 0.168 e. The van der Waals surface area contributed by atoms with E-state index in [9.17, 15) is 4.79 Å². The lowest BCUT2D eigenvalue weighted by Gasteiger charge is -2.04. The van der Waals surface area contributed by atoms with Crippen LogP contribution in [0.2, 0.25) is 5.02 Å². The normalized spacial score (nSPS) is 10.4. The molecule has 0 N–H and O–H groups in total. The molecule has 0 bridgehead atoms. The van der Waals surface area contributed by atoms with Crippen molar-refractivity contribution in [3.63, 3.8) is 0 Å². The van der Waals surface area contributed by atoms with E-state index in [1.54, 1.807) is 24.7 Å². The van der Waals surface area contributed by atoms with Crippen LogP contribution in [0.4, 0.5) is 0 Å². The summed E-state index contributed by atoms with van der Waals surface area (Å²) in [5, 5.41) is 0.538. The van der Waals surface area contributed by atoms with E-state index in [0.717, 1.165) is 11.1 Å². The Labute approximate surface area is 98.8 Å². The largest absolute Gasteiger partial charge is 0.472 e. The lowest BCUT2D eigenvalue weighted by Crippen LogP contribution is -2.04. The molecule has 0 saturated carbocycles. The van der Waals surface area contributed by atoms with Gasteiger partial charge in [-0.05, 0) is 30.2 Å². The van der Waals surface area contributed by atoms with E-state index in [0.29, 0.717) is 17.0 Å². The summed E-state index contributed by atoms with van der Waals surface area (Å²) in [6, 6.07) is 7.25. The average molecular weight is 235 g/mol. The summed E-state index contributed by atoms with van der Waals surface area (Å²) in [6.07, 6.45) is 3.45. The predicted molar refractivity (Wildman–Crippen MR) is 62.9 cm³/mol. The van der Waals surface area contributed by atoms with Gasteiger partial charge in [-0.25, -0.2) is 0 Å². The van der Waals surface area contributed by atoms with Gasteiger partial charge in [0, 0.05) is 12.0 Å². The van der Waals surface area contributed by atoms with Crippen LogP contribution < -0.4 is 0 Å². The number of benzene rings is 1. The van der Waals surface area contributed by atoms with Gasteiger partial charge in [0.15, 0.2) is 5.78 Å². The minimum Gasteiger partial charge on any atom is -0.472 e. The van der Waals surface area contributed by atoms with Gasteiger partial charge in [0.25, 0.3) is 0 Å². The van der Waals surface area contributed by atoms with Crippen molar-refractivity contribution in [2.24, 2.45) is 0 Å². The van der Waals surface area contributed by atoms with Gasteiger partial charge in [0.05, 0.1) is 17.5 Å². The monoisotopic (exact) mass is 234 g/mol. The zero-order chi connectivity index (χ0) is 11.5. The molecule has 0 aliphatic heterocycles. The Kier molecular flexibility index (Phi) is 3.11. The van der Waals surface area contributed by atoms with Crippen LogP contribution >= 0.6 is 11.6 Å². The topological polar surface area (TPSA) is 30.2 Å². The van der Waals surface area contributed by atoms with Crippen LogP contribution in [0.1, 0.15) is 21.5 Å². The maximum atomic E-state index is 12.0. The first kappa shape index (κ1) is 11.0. The van der Waals surface area contributed by atoms with Crippen molar-refractivity contribution in [3.05, 3.63) is 58.5 Å². The second-order valence-electron chi connectivity index (χ2n) is 3.67. The lowest BCUT2D eigenvalue weighted by atomic mass is 10.0. The fourth-order valence-electron chi connectivity index (χ4n) is 1.54. The highest BCUT2D eigenvalue weighted by Gasteiger charge is 2.12. The van der Waals surface area contributed by atoms with Crippen LogP contribution in [-0.4, -0.2) is 5.78 Å². The molecule has 1 aromatic heterocycles. The van der Waals surface area contributed by atoms with Crippen LogP contribution in [0.3, 0.4) is 0 Å². The number of carbonyl (C=O) groups excluding carboxylic acids is 1. The zero-order valence-electron chi connectivity index (χ0n) is 8.87. The zero-order valence-corrected chi connectivity index (χ0v) is 9.62. The highest BCUT2D eigenvalue weighted by Crippen LogP contribution is 2.21.